The van der Waals surface area contributed by atoms with E-state index in [0.29, 0.717) is 11.3 Å². The van der Waals surface area contributed by atoms with Gasteiger partial charge in [0, 0.05) is 17.3 Å². The zero-order valence-electron chi connectivity index (χ0n) is 7.51. The van der Waals surface area contributed by atoms with Gasteiger partial charge in [0.1, 0.15) is 11.6 Å². The summed E-state index contributed by atoms with van der Waals surface area (Å²) < 4.78 is 25.9. The van der Waals surface area contributed by atoms with Crippen molar-refractivity contribution < 1.29 is 8.78 Å². The zero-order valence-corrected chi connectivity index (χ0v) is 7.51. The van der Waals surface area contributed by atoms with Gasteiger partial charge in [-0.1, -0.05) is 0 Å². The number of aromatic amines is 1. The highest BCUT2D eigenvalue weighted by Crippen LogP contribution is 2.21. The minimum absolute atomic E-state index is 0.302. The molecule has 0 fully saturated rings. The minimum atomic E-state index is -0.600. The second-order valence-corrected chi connectivity index (χ2v) is 3.06. The summed E-state index contributed by atoms with van der Waals surface area (Å²) in [5.74, 6) is -1.19. The molecule has 0 aliphatic rings. The van der Waals surface area contributed by atoms with Crippen molar-refractivity contribution in [1.82, 2.24) is 10.2 Å². The van der Waals surface area contributed by atoms with Crippen molar-refractivity contribution in [2.24, 2.45) is 0 Å². The first-order valence-corrected chi connectivity index (χ1v) is 4.14. The van der Waals surface area contributed by atoms with Crippen LogP contribution >= 0.6 is 0 Å². The fraction of sp³-hybridized carbons (Fsp3) is 0.100. The van der Waals surface area contributed by atoms with Crippen molar-refractivity contribution in [1.29, 1.82) is 0 Å². The topological polar surface area (TPSA) is 28.7 Å². The number of aryl methyl sites for hydroxylation is 1. The van der Waals surface area contributed by atoms with Gasteiger partial charge in [-0.15, -0.1) is 0 Å². The third kappa shape index (κ3) is 1.51. The van der Waals surface area contributed by atoms with Gasteiger partial charge < -0.3 is 0 Å². The van der Waals surface area contributed by atoms with Crippen LogP contribution in [0.5, 0.6) is 0 Å². The molecule has 14 heavy (non-hydrogen) atoms. The predicted octanol–water partition coefficient (Wildman–Crippen LogP) is 2.66. The van der Waals surface area contributed by atoms with Crippen molar-refractivity contribution >= 4 is 0 Å². The van der Waals surface area contributed by atoms with Crippen LogP contribution in [0.3, 0.4) is 0 Å². The second-order valence-electron chi connectivity index (χ2n) is 3.06. The zero-order chi connectivity index (χ0) is 10.1. The Hall–Kier alpha value is -1.71. The van der Waals surface area contributed by atoms with Gasteiger partial charge in [0.25, 0.3) is 0 Å². The molecule has 4 heteroatoms. The molecule has 2 aromatic rings. The van der Waals surface area contributed by atoms with E-state index in [1.807, 2.05) is 6.92 Å². The summed E-state index contributed by atoms with van der Waals surface area (Å²) in [6.07, 6.45) is 0. The van der Waals surface area contributed by atoms with Gasteiger partial charge in [-0.2, -0.15) is 5.10 Å². The number of halogens is 2. The van der Waals surface area contributed by atoms with Crippen LogP contribution in [0.1, 0.15) is 5.69 Å². The lowest BCUT2D eigenvalue weighted by atomic mass is 10.1. The average Bonchev–Trinajstić information content (AvgIpc) is 2.51. The van der Waals surface area contributed by atoms with Crippen molar-refractivity contribution in [2.75, 3.05) is 0 Å². The Bertz CT molecular complexity index is 463. The molecule has 0 atom stereocenters. The molecule has 1 heterocycles. The van der Waals surface area contributed by atoms with E-state index in [-0.39, 0.29) is 0 Å². The normalized spacial score (nSPS) is 10.5. The summed E-state index contributed by atoms with van der Waals surface area (Å²) >= 11 is 0. The summed E-state index contributed by atoms with van der Waals surface area (Å²) in [7, 11) is 0. The Kier molecular flexibility index (Phi) is 2.04. The van der Waals surface area contributed by atoms with E-state index in [9.17, 15) is 8.78 Å². The summed E-state index contributed by atoms with van der Waals surface area (Å²) in [4.78, 5) is 0. The first-order valence-electron chi connectivity index (χ1n) is 4.14. The third-order valence-corrected chi connectivity index (χ3v) is 1.91. The molecule has 0 aliphatic heterocycles. The Morgan fingerprint density at radius 1 is 1.21 bits per heavy atom. The quantitative estimate of drug-likeness (QED) is 0.742. The first-order chi connectivity index (χ1) is 6.66. The lowest BCUT2D eigenvalue weighted by Gasteiger charge is -1.97. The molecule has 0 saturated carbocycles. The average molecular weight is 194 g/mol. The smallest absolute Gasteiger partial charge is 0.135 e. The van der Waals surface area contributed by atoms with E-state index in [0.717, 1.165) is 11.8 Å². The number of hydrogen-bond donors (Lipinski definition) is 1. The molecule has 0 unspecified atom stereocenters. The van der Waals surface area contributed by atoms with E-state index < -0.39 is 11.6 Å². The van der Waals surface area contributed by atoms with Crippen LogP contribution < -0.4 is 0 Å². The number of hydrogen-bond acceptors (Lipinski definition) is 1. The third-order valence-electron chi connectivity index (χ3n) is 1.91. The number of rotatable bonds is 1. The van der Waals surface area contributed by atoms with Crippen LogP contribution in [0.2, 0.25) is 0 Å². The maximum absolute atomic E-state index is 13.3. The van der Waals surface area contributed by atoms with Crippen LogP contribution in [0.15, 0.2) is 24.3 Å². The maximum Gasteiger partial charge on any atom is 0.135 e. The van der Waals surface area contributed by atoms with Gasteiger partial charge in [0.15, 0.2) is 0 Å². The van der Waals surface area contributed by atoms with Crippen molar-refractivity contribution in [2.45, 2.75) is 6.92 Å². The molecule has 0 bridgehead atoms. The summed E-state index contributed by atoms with van der Waals surface area (Å²) in [6.45, 7) is 1.82. The minimum Gasteiger partial charge on any atom is -0.282 e. The van der Waals surface area contributed by atoms with Gasteiger partial charge in [-0.3, -0.25) is 5.10 Å². The number of benzene rings is 1. The lowest BCUT2D eigenvalue weighted by Crippen LogP contribution is -1.86. The van der Waals surface area contributed by atoms with E-state index in [2.05, 4.69) is 10.2 Å². The maximum atomic E-state index is 13.3. The molecule has 0 amide bonds. The van der Waals surface area contributed by atoms with Crippen LogP contribution in [0.4, 0.5) is 8.78 Å². The molecular formula is C10H8F2N2. The highest BCUT2D eigenvalue weighted by Gasteiger charge is 2.08. The molecule has 2 rings (SSSR count). The molecule has 72 valence electrons. The van der Waals surface area contributed by atoms with E-state index in [1.165, 1.54) is 12.1 Å². The van der Waals surface area contributed by atoms with Crippen molar-refractivity contribution in [3.05, 3.63) is 41.6 Å². The van der Waals surface area contributed by atoms with Crippen molar-refractivity contribution in [3.63, 3.8) is 0 Å². The Balaban J connectivity index is 2.52. The monoisotopic (exact) mass is 194 g/mol. The standard InChI is InChI=1S/C10H8F2N2/c1-6-4-10(14-13-6)8-3-2-7(11)5-9(8)12/h2-5H,1H3,(H,13,14). The number of aromatic nitrogens is 2. The Morgan fingerprint density at radius 2 is 2.00 bits per heavy atom. The van der Waals surface area contributed by atoms with Gasteiger partial charge in [0.05, 0.1) is 5.69 Å². The second kappa shape index (κ2) is 3.21. The molecule has 0 spiro atoms. The van der Waals surface area contributed by atoms with E-state index in [1.54, 1.807) is 6.07 Å². The molecule has 0 radical (unpaired) electrons. The molecular weight excluding hydrogens is 186 g/mol. The molecule has 1 N–H and O–H groups in total. The molecule has 0 saturated heterocycles. The van der Waals surface area contributed by atoms with Gasteiger partial charge in [-0.25, -0.2) is 8.78 Å². The summed E-state index contributed by atoms with van der Waals surface area (Å²) in [5.41, 5.74) is 1.62. The number of nitrogens with one attached hydrogen (secondary N) is 1. The van der Waals surface area contributed by atoms with Gasteiger partial charge in [-0.05, 0) is 25.1 Å². The number of H-pyrrole nitrogens is 1. The number of nitrogens with zero attached hydrogens (tertiary/aromatic N) is 1. The Morgan fingerprint density at radius 3 is 2.57 bits per heavy atom. The van der Waals surface area contributed by atoms with E-state index in [4.69, 9.17) is 0 Å². The van der Waals surface area contributed by atoms with Crippen LogP contribution in [-0.2, 0) is 0 Å². The molecule has 1 aromatic carbocycles. The SMILES string of the molecule is Cc1cc(-c2ccc(F)cc2F)n[nH]1. The Labute approximate surface area is 79.6 Å². The fourth-order valence-electron chi connectivity index (χ4n) is 1.25. The summed E-state index contributed by atoms with van der Waals surface area (Å²) in [5, 5.41) is 6.59. The largest absolute Gasteiger partial charge is 0.282 e. The summed E-state index contributed by atoms with van der Waals surface area (Å²) in [6, 6.07) is 5.14. The van der Waals surface area contributed by atoms with Crippen LogP contribution in [0, 0.1) is 18.6 Å². The van der Waals surface area contributed by atoms with Crippen LogP contribution in [-0.4, -0.2) is 10.2 Å². The van der Waals surface area contributed by atoms with Crippen molar-refractivity contribution in [3.8, 4) is 11.3 Å². The molecule has 2 nitrogen and oxygen atoms in total. The van der Waals surface area contributed by atoms with Crippen LogP contribution in [0.25, 0.3) is 11.3 Å². The molecule has 1 aromatic heterocycles. The highest BCUT2D eigenvalue weighted by atomic mass is 19.1. The predicted molar refractivity (Wildman–Crippen MR) is 48.7 cm³/mol. The molecule has 0 aliphatic carbocycles. The highest BCUT2D eigenvalue weighted by molar-refractivity contribution is 5.59. The van der Waals surface area contributed by atoms with Gasteiger partial charge >= 0.3 is 0 Å². The van der Waals surface area contributed by atoms with E-state index >= 15 is 0 Å². The lowest BCUT2D eigenvalue weighted by molar-refractivity contribution is 0.585. The first kappa shape index (κ1) is 8.87. The van der Waals surface area contributed by atoms with Gasteiger partial charge in [0.2, 0.25) is 0 Å². The fourth-order valence-corrected chi connectivity index (χ4v) is 1.25.